The van der Waals surface area contributed by atoms with E-state index in [2.05, 4.69) is 15.0 Å². The van der Waals surface area contributed by atoms with Crippen LogP contribution in [0.5, 0.6) is 5.75 Å². The Morgan fingerprint density at radius 3 is 2.80 bits per heavy atom. The molecule has 1 fully saturated rings. The number of hydrogen-bond acceptors (Lipinski definition) is 5. The molecule has 2 heterocycles. The van der Waals surface area contributed by atoms with E-state index in [1.807, 2.05) is 6.07 Å². The average Bonchev–Trinajstić information content (AvgIpc) is 2.96. The summed E-state index contributed by atoms with van der Waals surface area (Å²) in [5.74, 6) is -0.277. The van der Waals surface area contributed by atoms with Gasteiger partial charge in [0.25, 0.3) is 0 Å². The normalized spacial score (nSPS) is 16.8. The second-order valence-corrected chi connectivity index (χ2v) is 5.37. The molecule has 0 aliphatic carbocycles. The highest BCUT2D eigenvalue weighted by atomic mass is 19.3. The number of pyridine rings is 1. The Balaban J connectivity index is 1.74. The smallest absolute Gasteiger partial charge is 0.387 e. The van der Waals surface area contributed by atoms with Gasteiger partial charge < -0.3 is 15.0 Å². The quantitative estimate of drug-likeness (QED) is 0.902. The summed E-state index contributed by atoms with van der Waals surface area (Å²) in [5, 5.41) is 11.8. The molecule has 1 aliphatic heterocycles. The number of hydrogen-bond donors (Lipinski definition) is 1. The van der Waals surface area contributed by atoms with E-state index >= 15 is 0 Å². The van der Waals surface area contributed by atoms with E-state index in [1.54, 1.807) is 30.3 Å². The van der Waals surface area contributed by atoms with Crippen molar-refractivity contribution in [3.8, 4) is 11.8 Å². The topological polar surface area (TPSA) is 78.3 Å². The van der Waals surface area contributed by atoms with Gasteiger partial charge >= 0.3 is 6.61 Å². The first-order valence-electron chi connectivity index (χ1n) is 7.56. The molecule has 0 spiro atoms. The van der Waals surface area contributed by atoms with Crippen molar-refractivity contribution in [3.05, 3.63) is 48.3 Å². The monoisotopic (exact) mass is 344 g/mol. The molecule has 25 heavy (non-hydrogen) atoms. The predicted octanol–water partition coefficient (Wildman–Crippen LogP) is 2.77. The van der Waals surface area contributed by atoms with Crippen LogP contribution in [0.4, 0.5) is 20.2 Å². The number of halogens is 2. The van der Waals surface area contributed by atoms with Crippen LogP contribution in [-0.4, -0.2) is 30.1 Å². The molecule has 1 amide bonds. The van der Waals surface area contributed by atoms with E-state index in [4.69, 9.17) is 5.26 Å². The lowest BCUT2D eigenvalue weighted by atomic mass is 10.2. The number of aromatic nitrogens is 1. The number of ether oxygens (including phenoxy) is 1. The lowest BCUT2D eigenvalue weighted by molar-refractivity contribution is -0.117. The lowest BCUT2D eigenvalue weighted by Gasteiger charge is -2.20. The Morgan fingerprint density at radius 2 is 2.12 bits per heavy atom. The van der Waals surface area contributed by atoms with Crippen LogP contribution in [0.25, 0.3) is 0 Å². The number of nitrogens with one attached hydrogen (secondary N) is 1. The van der Waals surface area contributed by atoms with Crippen LogP contribution in [-0.2, 0) is 4.79 Å². The molecule has 1 aliphatic rings. The van der Waals surface area contributed by atoms with E-state index in [0.29, 0.717) is 24.3 Å². The molecular formula is C17H14F2N4O2. The van der Waals surface area contributed by atoms with Crippen molar-refractivity contribution >= 4 is 17.3 Å². The fourth-order valence-electron chi connectivity index (χ4n) is 2.68. The number of rotatable bonds is 5. The van der Waals surface area contributed by atoms with Crippen molar-refractivity contribution in [1.29, 1.82) is 5.26 Å². The average molecular weight is 344 g/mol. The van der Waals surface area contributed by atoms with Gasteiger partial charge in [0.15, 0.2) is 0 Å². The van der Waals surface area contributed by atoms with Crippen molar-refractivity contribution in [2.75, 3.05) is 16.8 Å². The third-order valence-electron chi connectivity index (χ3n) is 3.80. The summed E-state index contributed by atoms with van der Waals surface area (Å²) in [5.41, 5.74) is 1.20. The molecular weight excluding hydrogens is 330 g/mol. The molecule has 6 nitrogen and oxygen atoms in total. The zero-order valence-corrected chi connectivity index (χ0v) is 13.0. The van der Waals surface area contributed by atoms with Crippen molar-refractivity contribution in [2.24, 2.45) is 0 Å². The highest BCUT2D eigenvalue weighted by Gasteiger charge is 2.34. The Labute approximate surface area is 142 Å². The number of amides is 1. The van der Waals surface area contributed by atoms with Crippen LogP contribution >= 0.6 is 0 Å². The number of carbonyl (C=O) groups excluding carboxylic acids is 1. The highest BCUT2D eigenvalue weighted by molar-refractivity contribution is 6.02. The Hall–Kier alpha value is -3.21. The molecule has 1 atom stereocenters. The third kappa shape index (κ3) is 3.66. The minimum absolute atomic E-state index is 0.0356. The van der Waals surface area contributed by atoms with E-state index in [0.717, 1.165) is 0 Å². The second-order valence-electron chi connectivity index (χ2n) is 5.37. The van der Waals surface area contributed by atoms with Crippen molar-refractivity contribution in [2.45, 2.75) is 19.1 Å². The molecule has 3 rings (SSSR count). The number of nitriles is 1. The molecule has 8 heteroatoms. The van der Waals surface area contributed by atoms with Gasteiger partial charge in [0.05, 0.1) is 17.6 Å². The molecule has 1 aromatic heterocycles. The van der Waals surface area contributed by atoms with Crippen molar-refractivity contribution < 1.29 is 18.3 Å². The van der Waals surface area contributed by atoms with Crippen molar-refractivity contribution in [3.63, 3.8) is 0 Å². The van der Waals surface area contributed by atoms with Crippen LogP contribution < -0.4 is 15.0 Å². The molecule has 1 N–H and O–H groups in total. The van der Waals surface area contributed by atoms with Gasteiger partial charge in [0.1, 0.15) is 23.6 Å². The van der Waals surface area contributed by atoms with Gasteiger partial charge in [-0.05, 0) is 30.7 Å². The number of alkyl halides is 2. The zero-order valence-electron chi connectivity index (χ0n) is 13.0. The summed E-state index contributed by atoms with van der Waals surface area (Å²) in [6.07, 6.45) is 1.98. The maximum atomic E-state index is 12.6. The highest BCUT2D eigenvalue weighted by Crippen LogP contribution is 2.33. The third-order valence-corrected chi connectivity index (χ3v) is 3.80. The molecule has 2 aromatic rings. The number of carbonyl (C=O) groups is 1. The van der Waals surface area contributed by atoms with Gasteiger partial charge in [-0.15, -0.1) is 0 Å². The van der Waals surface area contributed by atoms with E-state index in [1.165, 1.54) is 17.2 Å². The standard InChI is InChI=1S/C17H14F2N4O2/c18-17(19)25-15-4-2-1-3-14(15)23-8-7-13(16(23)24)22-12-6-5-11(9-20)21-10-12/h1-6,10,13,17,22H,7-8H2/t13-/m1/s1. The summed E-state index contributed by atoms with van der Waals surface area (Å²) < 4.78 is 29.6. The van der Waals surface area contributed by atoms with Crippen LogP contribution in [0.1, 0.15) is 12.1 Å². The van der Waals surface area contributed by atoms with Gasteiger partial charge in [-0.25, -0.2) is 4.98 Å². The summed E-state index contributed by atoms with van der Waals surface area (Å²) in [6.45, 7) is -2.58. The SMILES string of the molecule is N#Cc1ccc(N[C@@H]2CCN(c3ccccc3OC(F)F)C2=O)cn1. The summed E-state index contributed by atoms with van der Waals surface area (Å²) in [6, 6.07) is 10.8. The predicted molar refractivity (Wildman–Crippen MR) is 86.4 cm³/mol. The lowest BCUT2D eigenvalue weighted by Crippen LogP contribution is -2.33. The number of para-hydroxylation sites is 2. The molecule has 0 unspecified atom stereocenters. The summed E-state index contributed by atoms with van der Waals surface area (Å²) in [7, 11) is 0. The van der Waals surface area contributed by atoms with Crippen LogP contribution in [0.2, 0.25) is 0 Å². The molecule has 1 saturated heterocycles. The summed E-state index contributed by atoms with van der Waals surface area (Å²) >= 11 is 0. The maximum absolute atomic E-state index is 12.6. The molecule has 0 radical (unpaired) electrons. The van der Waals surface area contributed by atoms with Crippen LogP contribution in [0.15, 0.2) is 42.6 Å². The minimum Gasteiger partial charge on any atom is -0.433 e. The Bertz CT molecular complexity index is 805. The van der Waals surface area contributed by atoms with Crippen LogP contribution in [0.3, 0.4) is 0 Å². The number of nitrogens with zero attached hydrogens (tertiary/aromatic N) is 3. The zero-order chi connectivity index (χ0) is 17.8. The fraction of sp³-hybridized carbons (Fsp3) is 0.235. The first-order valence-corrected chi connectivity index (χ1v) is 7.56. The molecule has 0 saturated carbocycles. The number of benzene rings is 1. The minimum atomic E-state index is -2.96. The van der Waals surface area contributed by atoms with Gasteiger partial charge in [-0.3, -0.25) is 4.79 Å². The van der Waals surface area contributed by atoms with E-state index < -0.39 is 12.7 Å². The van der Waals surface area contributed by atoms with Crippen LogP contribution in [0, 0.1) is 11.3 Å². The van der Waals surface area contributed by atoms with Gasteiger partial charge in [0, 0.05) is 6.54 Å². The first-order chi connectivity index (χ1) is 12.1. The van der Waals surface area contributed by atoms with E-state index in [-0.39, 0.29) is 17.4 Å². The maximum Gasteiger partial charge on any atom is 0.387 e. The largest absolute Gasteiger partial charge is 0.433 e. The molecule has 1 aromatic carbocycles. The molecule has 0 bridgehead atoms. The van der Waals surface area contributed by atoms with Gasteiger partial charge in [-0.2, -0.15) is 14.0 Å². The molecule has 128 valence electrons. The van der Waals surface area contributed by atoms with Gasteiger partial charge in [-0.1, -0.05) is 12.1 Å². The number of anilines is 2. The van der Waals surface area contributed by atoms with Crippen molar-refractivity contribution in [1.82, 2.24) is 4.98 Å². The van der Waals surface area contributed by atoms with E-state index in [9.17, 15) is 13.6 Å². The Morgan fingerprint density at radius 1 is 1.32 bits per heavy atom. The Kier molecular flexibility index (Phi) is 4.75. The first kappa shape index (κ1) is 16.6. The fourth-order valence-corrected chi connectivity index (χ4v) is 2.68. The second kappa shape index (κ2) is 7.13. The summed E-state index contributed by atoms with van der Waals surface area (Å²) in [4.78, 5) is 18.0. The van der Waals surface area contributed by atoms with Gasteiger partial charge in [0.2, 0.25) is 5.91 Å².